The molecule has 1 aliphatic heterocycles. The molecule has 0 aliphatic carbocycles. The fraction of sp³-hybridized carbons (Fsp3) is 0.333. The highest BCUT2D eigenvalue weighted by atomic mass is 16.5. The lowest BCUT2D eigenvalue weighted by Gasteiger charge is -2.33. The van der Waals surface area contributed by atoms with Gasteiger partial charge in [0.2, 0.25) is 5.91 Å². The Morgan fingerprint density at radius 2 is 1.50 bits per heavy atom. The van der Waals surface area contributed by atoms with Crippen LogP contribution in [0, 0.1) is 5.92 Å². The van der Waals surface area contributed by atoms with Crippen LogP contribution in [0.2, 0.25) is 0 Å². The van der Waals surface area contributed by atoms with Crippen LogP contribution < -0.4 is 15.9 Å². The molecule has 42 heavy (non-hydrogen) atoms. The van der Waals surface area contributed by atoms with Crippen molar-refractivity contribution in [2.24, 2.45) is 5.92 Å². The minimum absolute atomic E-state index is 0.146. The first-order valence-electron chi connectivity index (χ1n) is 14.5. The van der Waals surface area contributed by atoms with E-state index in [4.69, 9.17) is 4.74 Å². The number of carbonyl (C=O) groups excluding carboxylic acids is 2. The summed E-state index contributed by atoms with van der Waals surface area (Å²) in [6.07, 6.45) is 3.67. The van der Waals surface area contributed by atoms with Crippen LogP contribution >= 0.6 is 0 Å². The molecule has 3 aromatic carbocycles. The third kappa shape index (κ3) is 6.62. The molecule has 1 aliphatic rings. The minimum Gasteiger partial charge on any atom is -0.464 e. The number of nitrogens with one attached hydrogen (secondary N) is 1. The molecule has 1 unspecified atom stereocenters. The van der Waals surface area contributed by atoms with Gasteiger partial charge < -0.3 is 15.0 Å². The maximum atomic E-state index is 13.1. The van der Waals surface area contributed by atoms with Crippen molar-refractivity contribution < 1.29 is 14.3 Å². The molecule has 1 N–H and O–H groups in total. The topological polar surface area (TPSA) is 98.5 Å². The van der Waals surface area contributed by atoms with Gasteiger partial charge in [0, 0.05) is 25.2 Å². The average Bonchev–Trinajstić information content (AvgIpc) is 3.42. The van der Waals surface area contributed by atoms with Gasteiger partial charge >= 0.3 is 11.7 Å². The fourth-order valence-corrected chi connectivity index (χ4v) is 5.48. The number of ether oxygens (including phenoxy) is 1. The van der Waals surface area contributed by atoms with Gasteiger partial charge in [-0.2, -0.15) is 5.10 Å². The van der Waals surface area contributed by atoms with E-state index in [9.17, 15) is 14.4 Å². The zero-order valence-corrected chi connectivity index (χ0v) is 24.1. The van der Waals surface area contributed by atoms with E-state index in [0.717, 1.165) is 42.9 Å². The SMILES string of the molecule is CCOC(=O)[C@H](NC(=O)CC1CCN(c2ccc(-n3cnn(C(C)c4ccccc4)c3=O)cc2)CC1)c1ccccc1. The number of aromatic nitrogens is 3. The number of nitrogens with zero attached hydrogens (tertiary/aromatic N) is 4. The summed E-state index contributed by atoms with van der Waals surface area (Å²) in [5.41, 5.74) is 3.39. The summed E-state index contributed by atoms with van der Waals surface area (Å²) < 4.78 is 8.26. The van der Waals surface area contributed by atoms with Crippen molar-refractivity contribution in [2.45, 2.75) is 45.2 Å². The van der Waals surface area contributed by atoms with E-state index in [1.54, 1.807) is 17.8 Å². The number of rotatable bonds is 10. The van der Waals surface area contributed by atoms with Crippen molar-refractivity contribution in [3.05, 3.63) is 113 Å². The van der Waals surface area contributed by atoms with Crippen molar-refractivity contribution in [2.75, 3.05) is 24.6 Å². The largest absolute Gasteiger partial charge is 0.464 e. The molecule has 0 bridgehead atoms. The number of benzene rings is 3. The van der Waals surface area contributed by atoms with Crippen molar-refractivity contribution >= 4 is 17.6 Å². The van der Waals surface area contributed by atoms with E-state index in [1.165, 1.54) is 4.68 Å². The van der Waals surface area contributed by atoms with E-state index in [-0.39, 0.29) is 30.2 Å². The molecule has 0 radical (unpaired) electrons. The van der Waals surface area contributed by atoms with Crippen molar-refractivity contribution in [1.29, 1.82) is 0 Å². The summed E-state index contributed by atoms with van der Waals surface area (Å²) in [6, 6.07) is 26.0. The Bertz CT molecular complexity index is 1520. The van der Waals surface area contributed by atoms with Gasteiger partial charge in [0.25, 0.3) is 0 Å². The Morgan fingerprint density at radius 3 is 2.12 bits per heavy atom. The zero-order chi connectivity index (χ0) is 29.5. The lowest BCUT2D eigenvalue weighted by Crippen LogP contribution is -2.38. The van der Waals surface area contributed by atoms with Gasteiger partial charge in [-0.3, -0.25) is 4.79 Å². The molecule has 1 aromatic heterocycles. The Balaban J connectivity index is 1.16. The Labute approximate surface area is 245 Å². The second-order valence-corrected chi connectivity index (χ2v) is 10.6. The molecular formula is C33H37N5O4. The van der Waals surface area contributed by atoms with Gasteiger partial charge in [-0.05, 0) is 68.0 Å². The van der Waals surface area contributed by atoms with Gasteiger partial charge in [0.15, 0.2) is 6.04 Å². The number of carbonyl (C=O) groups is 2. The molecule has 9 nitrogen and oxygen atoms in total. The summed E-state index contributed by atoms with van der Waals surface area (Å²) in [5, 5.41) is 7.26. The molecular weight excluding hydrogens is 530 g/mol. The monoisotopic (exact) mass is 567 g/mol. The number of amides is 1. The van der Waals surface area contributed by atoms with Crippen LogP contribution in [0.5, 0.6) is 0 Å². The maximum absolute atomic E-state index is 13.1. The number of anilines is 1. The first-order valence-corrected chi connectivity index (χ1v) is 14.5. The normalized spacial score (nSPS) is 15.1. The lowest BCUT2D eigenvalue weighted by atomic mass is 9.92. The standard InChI is InChI=1S/C33H37N5O4/c1-3-42-32(40)31(27-12-8-5-9-13-27)35-30(39)22-25-18-20-36(21-19-25)28-14-16-29(17-15-28)37-23-34-38(33(37)41)24(2)26-10-6-4-7-11-26/h4-17,23-25,31H,3,18-22H2,1-2H3,(H,35,39)/t24?,31-/m1/s1. The van der Waals surface area contributed by atoms with E-state index < -0.39 is 12.0 Å². The maximum Gasteiger partial charge on any atom is 0.350 e. The van der Waals surface area contributed by atoms with Crippen LogP contribution in [0.1, 0.15) is 56.3 Å². The molecule has 0 saturated carbocycles. The summed E-state index contributed by atoms with van der Waals surface area (Å²) in [5.74, 6) is -0.363. The predicted molar refractivity (Wildman–Crippen MR) is 162 cm³/mol. The lowest BCUT2D eigenvalue weighted by molar-refractivity contribution is -0.147. The molecule has 1 saturated heterocycles. The van der Waals surface area contributed by atoms with Crippen LogP contribution in [-0.4, -0.2) is 45.9 Å². The molecule has 4 aromatic rings. The number of esters is 1. The van der Waals surface area contributed by atoms with Gasteiger partial charge in [-0.1, -0.05) is 60.7 Å². The van der Waals surface area contributed by atoms with Crippen molar-refractivity contribution in [3.8, 4) is 5.69 Å². The first kappa shape index (κ1) is 28.9. The predicted octanol–water partition coefficient (Wildman–Crippen LogP) is 4.67. The number of piperidine rings is 1. The smallest absolute Gasteiger partial charge is 0.350 e. The summed E-state index contributed by atoms with van der Waals surface area (Å²) >= 11 is 0. The minimum atomic E-state index is -0.807. The van der Waals surface area contributed by atoms with Crippen LogP contribution in [0.25, 0.3) is 5.69 Å². The number of hydrogen-bond acceptors (Lipinski definition) is 6. The van der Waals surface area contributed by atoms with E-state index >= 15 is 0 Å². The molecule has 1 fully saturated rings. The Hall–Kier alpha value is -4.66. The van der Waals surface area contributed by atoms with Crippen molar-refractivity contribution in [1.82, 2.24) is 19.7 Å². The third-order valence-corrected chi connectivity index (χ3v) is 7.88. The molecule has 2 heterocycles. The molecule has 0 spiro atoms. The molecule has 9 heteroatoms. The third-order valence-electron chi connectivity index (χ3n) is 7.88. The Kier molecular flexibility index (Phi) is 9.16. The summed E-state index contributed by atoms with van der Waals surface area (Å²) in [6.45, 7) is 5.62. The van der Waals surface area contributed by atoms with E-state index in [1.807, 2.05) is 91.9 Å². The zero-order valence-electron chi connectivity index (χ0n) is 24.1. The van der Waals surface area contributed by atoms with E-state index in [2.05, 4.69) is 15.3 Å². The average molecular weight is 568 g/mol. The van der Waals surface area contributed by atoms with Gasteiger partial charge in [-0.15, -0.1) is 0 Å². The Morgan fingerprint density at radius 1 is 0.905 bits per heavy atom. The van der Waals surface area contributed by atoms with Gasteiger partial charge in [0.05, 0.1) is 18.3 Å². The molecule has 218 valence electrons. The van der Waals surface area contributed by atoms with Crippen LogP contribution in [0.3, 0.4) is 0 Å². The van der Waals surface area contributed by atoms with Crippen LogP contribution in [0.4, 0.5) is 5.69 Å². The quantitative estimate of drug-likeness (QED) is 0.280. The molecule has 2 atom stereocenters. The van der Waals surface area contributed by atoms with Gasteiger partial charge in [-0.25, -0.2) is 18.8 Å². The fourth-order valence-electron chi connectivity index (χ4n) is 5.48. The molecule has 1 amide bonds. The van der Waals surface area contributed by atoms with Crippen molar-refractivity contribution in [3.63, 3.8) is 0 Å². The van der Waals surface area contributed by atoms with Crippen LogP contribution in [-0.2, 0) is 14.3 Å². The highest BCUT2D eigenvalue weighted by Gasteiger charge is 2.27. The summed E-state index contributed by atoms with van der Waals surface area (Å²) in [7, 11) is 0. The highest BCUT2D eigenvalue weighted by molar-refractivity contribution is 5.85. The first-order chi connectivity index (χ1) is 20.4. The summed E-state index contributed by atoms with van der Waals surface area (Å²) in [4.78, 5) is 40.8. The highest BCUT2D eigenvalue weighted by Crippen LogP contribution is 2.27. The molecule has 5 rings (SSSR count). The van der Waals surface area contributed by atoms with Gasteiger partial charge in [0.1, 0.15) is 6.33 Å². The second kappa shape index (κ2) is 13.3. The number of hydrogen-bond donors (Lipinski definition) is 1. The van der Waals surface area contributed by atoms with E-state index in [0.29, 0.717) is 12.0 Å². The second-order valence-electron chi connectivity index (χ2n) is 10.6. The van der Waals surface area contributed by atoms with Crippen LogP contribution in [0.15, 0.2) is 96.1 Å².